The van der Waals surface area contributed by atoms with Crippen LogP contribution in [0.2, 0.25) is 0 Å². The Labute approximate surface area is 166 Å². The van der Waals surface area contributed by atoms with Crippen LogP contribution in [-0.2, 0) is 13.2 Å². The van der Waals surface area contributed by atoms with Gasteiger partial charge in [0.25, 0.3) is 0 Å². The molecule has 0 aliphatic heterocycles. The fraction of sp³-hybridized carbons (Fsp3) is 0.261. The van der Waals surface area contributed by atoms with E-state index in [0.717, 1.165) is 41.5 Å². The summed E-state index contributed by atoms with van der Waals surface area (Å²) in [6, 6.07) is 17.9. The van der Waals surface area contributed by atoms with Crippen LogP contribution in [0.25, 0.3) is 0 Å². The molecule has 146 valence electrons. The molecule has 0 aliphatic rings. The molecule has 0 radical (unpaired) electrons. The molecular formula is C23H26N2O3. The highest BCUT2D eigenvalue weighted by Crippen LogP contribution is 2.28. The Kier molecular flexibility index (Phi) is 7.27. The van der Waals surface area contributed by atoms with Crippen LogP contribution < -0.4 is 19.5 Å². The molecule has 5 nitrogen and oxygen atoms in total. The van der Waals surface area contributed by atoms with Crippen molar-refractivity contribution in [3.63, 3.8) is 0 Å². The van der Waals surface area contributed by atoms with E-state index in [2.05, 4.69) is 23.3 Å². The number of aromatic nitrogens is 1. The van der Waals surface area contributed by atoms with E-state index in [9.17, 15) is 0 Å². The van der Waals surface area contributed by atoms with Crippen LogP contribution in [0.5, 0.6) is 17.2 Å². The van der Waals surface area contributed by atoms with Gasteiger partial charge in [0.05, 0.1) is 7.11 Å². The number of nitrogens with one attached hydrogen (secondary N) is 1. The summed E-state index contributed by atoms with van der Waals surface area (Å²) in [7, 11) is 1.65. The Morgan fingerprint density at radius 2 is 1.75 bits per heavy atom. The normalized spacial score (nSPS) is 10.5. The topological polar surface area (TPSA) is 52.6 Å². The first-order chi connectivity index (χ1) is 13.7. The predicted molar refractivity (Wildman–Crippen MR) is 110 cm³/mol. The molecule has 0 atom stereocenters. The highest BCUT2D eigenvalue weighted by Gasteiger charge is 2.06. The smallest absolute Gasteiger partial charge is 0.161 e. The molecule has 0 fully saturated rings. The van der Waals surface area contributed by atoms with Crippen molar-refractivity contribution in [3.8, 4) is 17.2 Å². The van der Waals surface area contributed by atoms with E-state index in [1.807, 2.05) is 48.5 Å². The van der Waals surface area contributed by atoms with Gasteiger partial charge in [-0.05, 0) is 60.0 Å². The van der Waals surface area contributed by atoms with Gasteiger partial charge < -0.3 is 19.5 Å². The second-order valence-electron chi connectivity index (χ2n) is 6.47. The van der Waals surface area contributed by atoms with Crippen molar-refractivity contribution in [2.24, 2.45) is 0 Å². The molecule has 2 aromatic carbocycles. The molecular weight excluding hydrogens is 352 g/mol. The standard InChI is InChI=1S/C23H26N2O3/c1-18-4-3-5-21(14-18)27-13-12-25-16-20-6-7-22(23(15-20)26-2)28-17-19-8-10-24-11-9-19/h3-11,14-15,25H,12-13,16-17H2,1-2H3. The average molecular weight is 378 g/mol. The highest BCUT2D eigenvalue weighted by molar-refractivity contribution is 5.43. The Bertz CT molecular complexity index is 869. The van der Waals surface area contributed by atoms with Crippen molar-refractivity contribution >= 4 is 0 Å². The maximum Gasteiger partial charge on any atom is 0.161 e. The molecule has 1 heterocycles. The largest absolute Gasteiger partial charge is 0.493 e. The molecule has 0 saturated heterocycles. The SMILES string of the molecule is COc1cc(CNCCOc2cccc(C)c2)ccc1OCc1ccncc1. The summed E-state index contributed by atoms with van der Waals surface area (Å²) < 4.78 is 17.1. The van der Waals surface area contributed by atoms with Crippen LogP contribution >= 0.6 is 0 Å². The molecule has 0 saturated carbocycles. The van der Waals surface area contributed by atoms with Gasteiger partial charge in [0, 0.05) is 25.5 Å². The summed E-state index contributed by atoms with van der Waals surface area (Å²) >= 11 is 0. The zero-order chi connectivity index (χ0) is 19.6. The van der Waals surface area contributed by atoms with Gasteiger partial charge >= 0.3 is 0 Å². The Morgan fingerprint density at radius 3 is 2.54 bits per heavy atom. The number of rotatable bonds is 10. The molecule has 0 spiro atoms. The lowest BCUT2D eigenvalue weighted by molar-refractivity contribution is 0.284. The first kappa shape index (κ1) is 19.7. The van der Waals surface area contributed by atoms with Crippen LogP contribution in [0.3, 0.4) is 0 Å². The van der Waals surface area contributed by atoms with Crippen molar-refractivity contribution < 1.29 is 14.2 Å². The Balaban J connectivity index is 1.45. The molecule has 5 heteroatoms. The van der Waals surface area contributed by atoms with Crippen LogP contribution in [0, 0.1) is 6.92 Å². The third-order valence-corrected chi connectivity index (χ3v) is 4.24. The number of aryl methyl sites for hydroxylation is 1. The van der Waals surface area contributed by atoms with Crippen molar-refractivity contribution in [3.05, 3.63) is 83.7 Å². The van der Waals surface area contributed by atoms with E-state index < -0.39 is 0 Å². The van der Waals surface area contributed by atoms with E-state index in [0.29, 0.717) is 13.2 Å². The molecule has 1 N–H and O–H groups in total. The molecule has 3 rings (SSSR count). The predicted octanol–water partition coefficient (Wildman–Crippen LogP) is 4.15. The molecule has 0 bridgehead atoms. The van der Waals surface area contributed by atoms with Crippen molar-refractivity contribution in [2.75, 3.05) is 20.3 Å². The molecule has 28 heavy (non-hydrogen) atoms. The van der Waals surface area contributed by atoms with Crippen LogP contribution in [0.1, 0.15) is 16.7 Å². The molecule has 0 amide bonds. The highest BCUT2D eigenvalue weighted by atomic mass is 16.5. The number of nitrogens with zero attached hydrogens (tertiary/aromatic N) is 1. The van der Waals surface area contributed by atoms with Gasteiger partial charge in [0.1, 0.15) is 19.0 Å². The second-order valence-corrected chi connectivity index (χ2v) is 6.47. The van der Waals surface area contributed by atoms with Crippen LogP contribution in [-0.4, -0.2) is 25.2 Å². The quantitative estimate of drug-likeness (QED) is 0.537. The lowest BCUT2D eigenvalue weighted by Gasteiger charge is -2.13. The number of methoxy groups -OCH3 is 1. The van der Waals surface area contributed by atoms with Gasteiger partial charge in [-0.15, -0.1) is 0 Å². The van der Waals surface area contributed by atoms with E-state index in [1.165, 1.54) is 5.56 Å². The number of benzene rings is 2. The van der Waals surface area contributed by atoms with Gasteiger partial charge in [-0.3, -0.25) is 4.98 Å². The molecule has 1 aromatic heterocycles. The summed E-state index contributed by atoms with van der Waals surface area (Å²) in [6.07, 6.45) is 3.51. The van der Waals surface area contributed by atoms with Gasteiger partial charge in [0.2, 0.25) is 0 Å². The van der Waals surface area contributed by atoms with Gasteiger partial charge in [0.15, 0.2) is 11.5 Å². The van der Waals surface area contributed by atoms with E-state index >= 15 is 0 Å². The molecule has 0 aliphatic carbocycles. The van der Waals surface area contributed by atoms with Crippen molar-refractivity contribution in [1.82, 2.24) is 10.3 Å². The summed E-state index contributed by atoms with van der Waals surface area (Å²) in [6.45, 7) is 4.65. The zero-order valence-corrected chi connectivity index (χ0v) is 16.4. The van der Waals surface area contributed by atoms with E-state index in [4.69, 9.17) is 14.2 Å². The lowest BCUT2D eigenvalue weighted by atomic mass is 10.2. The maximum absolute atomic E-state index is 5.88. The first-order valence-corrected chi connectivity index (χ1v) is 9.33. The Morgan fingerprint density at radius 1 is 0.893 bits per heavy atom. The van der Waals surface area contributed by atoms with Gasteiger partial charge in [-0.1, -0.05) is 18.2 Å². The summed E-state index contributed by atoms with van der Waals surface area (Å²) in [4.78, 5) is 4.01. The van der Waals surface area contributed by atoms with Gasteiger partial charge in [-0.25, -0.2) is 0 Å². The number of hydrogen-bond donors (Lipinski definition) is 1. The fourth-order valence-electron chi connectivity index (χ4n) is 2.76. The third kappa shape index (κ3) is 5.99. The minimum Gasteiger partial charge on any atom is -0.493 e. The second kappa shape index (κ2) is 10.3. The monoisotopic (exact) mass is 378 g/mol. The minimum absolute atomic E-state index is 0.479. The lowest BCUT2D eigenvalue weighted by Crippen LogP contribution is -2.20. The van der Waals surface area contributed by atoms with Crippen molar-refractivity contribution in [1.29, 1.82) is 0 Å². The molecule has 3 aromatic rings. The average Bonchev–Trinajstić information content (AvgIpc) is 2.73. The maximum atomic E-state index is 5.88. The fourth-order valence-corrected chi connectivity index (χ4v) is 2.76. The van der Waals surface area contributed by atoms with Crippen LogP contribution in [0.4, 0.5) is 0 Å². The number of hydrogen-bond acceptors (Lipinski definition) is 5. The first-order valence-electron chi connectivity index (χ1n) is 9.33. The number of ether oxygens (including phenoxy) is 3. The zero-order valence-electron chi connectivity index (χ0n) is 16.4. The Hall–Kier alpha value is -3.05. The molecule has 0 unspecified atom stereocenters. The third-order valence-electron chi connectivity index (χ3n) is 4.24. The number of pyridine rings is 1. The van der Waals surface area contributed by atoms with Crippen LogP contribution in [0.15, 0.2) is 67.0 Å². The summed E-state index contributed by atoms with van der Waals surface area (Å²) in [5, 5.41) is 3.39. The van der Waals surface area contributed by atoms with E-state index in [-0.39, 0.29) is 0 Å². The van der Waals surface area contributed by atoms with E-state index in [1.54, 1.807) is 19.5 Å². The van der Waals surface area contributed by atoms with Gasteiger partial charge in [-0.2, -0.15) is 0 Å². The van der Waals surface area contributed by atoms with Crippen molar-refractivity contribution in [2.45, 2.75) is 20.1 Å². The minimum atomic E-state index is 0.479. The summed E-state index contributed by atoms with van der Waals surface area (Å²) in [5.74, 6) is 2.36. The summed E-state index contributed by atoms with van der Waals surface area (Å²) in [5.41, 5.74) is 3.39.